The van der Waals surface area contributed by atoms with E-state index in [0.29, 0.717) is 25.2 Å². The van der Waals surface area contributed by atoms with Crippen molar-refractivity contribution in [3.8, 4) is 0 Å². The molecule has 0 aliphatic rings. The Morgan fingerprint density at radius 1 is 0.702 bits per heavy atom. The van der Waals surface area contributed by atoms with Gasteiger partial charge in [0.1, 0.15) is 13.2 Å². The van der Waals surface area contributed by atoms with Crippen molar-refractivity contribution in [2.24, 2.45) is 0 Å². The van der Waals surface area contributed by atoms with Gasteiger partial charge in [-0.2, -0.15) is 0 Å². The van der Waals surface area contributed by atoms with E-state index in [1.165, 1.54) is 66.1 Å². The Hall–Kier alpha value is -1.39. The first-order valence-corrected chi connectivity index (χ1v) is 24.4. The van der Waals surface area contributed by atoms with Crippen molar-refractivity contribution in [1.82, 2.24) is 20.0 Å². The number of carbonyl (C=O) groups is 2. The average molecular weight is 911 g/mol. The molecule has 57 heavy (non-hydrogen) atoms. The largest absolute Gasteiger partial charge is 0.394 e. The van der Waals surface area contributed by atoms with E-state index >= 15 is 0 Å². The van der Waals surface area contributed by atoms with E-state index < -0.39 is 43.5 Å². The zero-order valence-corrected chi connectivity index (χ0v) is 40.2. The van der Waals surface area contributed by atoms with Crippen molar-refractivity contribution in [1.29, 1.82) is 0 Å². The van der Waals surface area contributed by atoms with Gasteiger partial charge in [-0.1, -0.05) is 12.2 Å². The van der Waals surface area contributed by atoms with Crippen LogP contribution < -0.4 is 10.6 Å². The number of nitrogens with one attached hydrogen (secondary N) is 2. The van der Waals surface area contributed by atoms with E-state index in [4.69, 9.17) is 52.1 Å². The van der Waals surface area contributed by atoms with Crippen LogP contribution in [0.4, 0.5) is 0 Å². The molecule has 18 nitrogen and oxygen atoms in total. The maximum Gasteiger partial charge on any atom is 0.353 e. The van der Waals surface area contributed by atoms with Gasteiger partial charge in [-0.05, 0) is 66.6 Å². The molecule has 0 aromatic carbocycles. The molecule has 332 valence electrons. The minimum atomic E-state index is -3.35. The summed E-state index contributed by atoms with van der Waals surface area (Å²) in [4.78, 5) is 28.7. The van der Waals surface area contributed by atoms with Crippen LogP contribution in [0.5, 0.6) is 0 Å². The van der Waals surface area contributed by atoms with Gasteiger partial charge in [-0.3, -0.25) is 18.7 Å². The van der Waals surface area contributed by atoms with Crippen LogP contribution in [0.3, 0.4) is 0 Å². The van der Waals surface area contributed by atoms with Crippen LogP contribution in [0, 0.1) is 13.1 Å². The van der Waals surface area contributed by atoms with Crippen molar-refractivity contribution >= 4 is 54.4 Å². The third-order valence-corrected chi connectivity index (χ3v) is 14.3. The Morgan fingerprint density at radius 3 is 1.40 bits per heavy atom. The molecule has 0 saturated heterocycles. The standard InChI is InChI=1S/C17H33N3O6P2.C9H18ClN2OP.C8H16NO5P/c1-14(2)20(15(3)4)27(25-11-10-18-6)26-13-17(19-16(5)21)9-12-28(22,23-7)24-8;1-8(2)12(9(3)4)14(10)13-7-6-11-5;1-7(11)9-8(6-10)4-5-15(12,13-2)14-3/h9,12,14-15,17H,10-11,13H2,1-5,7-8H3,(H,19,21);8-9H,6-7H2,1-4H3;4-5,8,10H,6H2,1-3H3,(H,9,11)/b12-9+;;5-4+. The van der Waals surface area contributed by atoms with Crippen LogP contribution in [-0.2, 0) is 50.4 Å². The van der Waals surface area contributed by atoms with Crippen molar-refractivity contribution < 1.29 is 55.5 Å². The molecule has 0 radical (unpaired) electrons. The van der Waals surface area contributed by atoms with E-state index in [1.54, 1.807) is 0 Å². The number of carbonyl (C=O) groups excluding carboxylic acids is 2. The fourth-order valence-corrected chi connectivity index (χ4v) is 9.86. The summed E-state index contributed by atoms with van der Waals surface area (Å²) < 4.78 is 64.2. The number of aliphatic hydroxyl groups is 1. The van der Waals surface area contributed by atoms with Gasteiger partial charge >= 0.3 is 15.2 Å². The second kappa shape index (κ2) is 34.3. The predicted octanol–water partition coefficient (Wildman–Crippen LogP) is 7.78. The van der Waals surface area contributed by atoms with Crippen LogP contribution in [0.25, 0.3) is 9.69 Å². The highest BCUT2D eigenvalue weighted by molar-refractivity contribution is 7.78. The summed E-state index contributed by atoms with van der Waals surface area (Å²) in [6, 6.07) is -0.0852. The molecule has 0 fully saturated rings. The molecule has 0 aromatic rings. The molecule has 0 saturated carbocycles. The lowest BCUT2D eigenvalue weighted by Gasteiger charge is -2.35. The summed E-state index contributed by atoms with van der Waals surface area (Å²) >= 11 is 6.14. The number of nitrogens with zero attached hydrogens (tertiary/aromatic N) is 4. The fourth-order valence-electron chi connectivity index (χ4n) is 4.27. The molecule has 2 amide bonds. The lowest BCUT2D eigenvalue weighted by atomic mass is 10.3. The number of amides is 2. The van der Waals surface area contributed by atoms with Crippen LogP contribution in [-0.4, -0.2) is 130 Å². The Labute approximate surface area is 349 Å². The Balaban J connectivity index is -0.000000846. The number of hydrogen-bond acceptors (Lipinski definition) is 14. The van der Waals surface area contributed by atoms with E-state index in [1.807, 2.05) is 27.7 Å². The van der Waals surface area contributed by atoms with Crippen LogP contribution in [0.2, 0.25) is 0 Å². The smallest absolute Gasteiger partial charge is 0.353 e. The molecule has 0 bridgehead atoms. The predicted molar refractivity (Wildman–Crippen MR) is 229 cm³/mol. The molecular formula is C34H67ClN6O12P4. The lowest BCUT2D eigenvalue weighted by Crippen LogP contribution is -2.37. The normalized spacial score (nSPS) is 14.2. The van der Waals surface area contributed by atoms with Gasteiger partial charge in [-0.15, -0.1) is 0 Å². The van der Waals surface area contributed by atoms with E-state index in [9.17, 15) is 18.7 Å². The fraction of sp³-hybridized carbons (Fsp3) is 0.765. The third kappa shape index (κ3) is 29.5. The summed E-state index contributed by atoms with van der Waals surface area (Å²) in [5.74, 6) is 1.94. The first-order chi connectivity index (χ1) is 26.6. The SMILES string of the molecule is COP(=O)(/C=C/C(CO)NC(C)=O)OC.[C-]#[N+]CCOP(Cl)N(C(C)C)C(C)C.[C-]#[N+]CCOP(OCC(/C=C/P(=O)(OC)OC)NC(C)=O)N(C(C)C)C(C)C. The molecule has 0 aliphatic heterocycles. The summed E-state index contributed by atoms with van der Waals surface area (Å²) in [7, 11) is -4.04. The summed E-state index contributed by atoms with van der Waals surface area (Å²) in [5.41, 5.74) is 0. The highest BCUT2D eigenvalue weighted by Crippen LogP contribution is 2.50. The first kappa shape index (κ1) is 59.9. The second-order valence-electron chi connectivity index (χ2n) is 12.6. The van der Waals surface area contributed by atoms with Crippen LogP contribution >= 0.6 is 42.6 Å². The van der Waals surface area contributed by atoms with E-state index in [2.05, 4.69) is 66.4 Å². The molecule has 0 aliphatic carbocycles. The second-order valence-corrected chi connectivity index (χ2v) is 20.3. The molecular weight excluding hydrogens is 844 g/mol. The van der Waals surface area contributed by atoms with Crippen molar-refractivity contribution in [2.45, 2.75) is 105 Å². The van der Waals surface area contributed by atoms with Gasteiger partial charge in [0.2, 0.25) is 32.6 Å². The minimum absolute atomic E-state index is 0.100. The van der Waals surface area contributed by atoms with Crippen LogP contribution in [0.15, 0.2) is 23.8 Å². The van der Waals surface area contributed by atoms with Gasteiger partial charge in [0, 0.05) is 78.1 Å². The zero-order chi connectivity index (χ0) is 44.8. The first-order valence-electron chi connectivity index (χ1n) is 17.9. The van der Waals surface area contributed by atoms with Gasteiger partial charge < -0.3 is 57.1 Å². The quantitative estimate of drug-likeness (QED) is 0.0433. The molecule has 0 heterocycles. The van der Waals surface area contributed by atoms with Gasteiger partial charge in [-0.25, -0.2) is 22.5 Å². The Kier molecular flexibility index (Phi) is 36.1. The third-order valence-electron chi connectivity index (χ3n) is 6.65. The van der Waals surface area contributed by atoms with Crippen molar-refractivity contribution in [3.63, 3.8) is 0 Å². The van der Waals surface area contributed by atoms with Gasteiger partial charge in [0.15, 0.2) is 0 Å². The van der Waals surface area contributed by atoms with E-state index in [0.717, 1.165) is 0 Å². The van der Waals surface area contributed by atoms with Crippen LogP contribution in [0.1, 0.15) is 69.2 Å². The summed E-state index contributed by atoms with van der Waals surface area (Å²) in [6.07, 6.45) is 2.89. The molecule has 3 N–H and O–H groups in total. The van der Waals surface area contributed by atoms with Crippen molar-refractivity contribution in [3.05, 3.63) is 46.6 Å². The zero-order valence-electron chi connectivity index (χ0n) is 35.9. The maximum absolute atomic E-state index is 12.2. The molecule has 4 unspecified atom stereocenters. The van der Waals surface area contributed by atoms with Gasteiger partial charge in [0.05, 0.1) is 25.3 Å². The van der Waals surface area contributed by atoms with Crippen molar-refractivity contribution in [2.75, 3.05) is 68.0 Å². The Bertz CT molecular complexity index is 1320. The number of hydrogen-bond donors (Lipinski definition) is 3. The number of rotatable bonds is 26. The van der Waals surface area contributed by atoms with E-state index in [-0.39, 0.29) is 50.3 Å². The topological polar surface area (TPSA) is 192 Å². The molecule has 23 heteroatoms. The molecule has 0 spiro atoms. The number of aliphatic hydroxyl groups excluding tert-OH is 1. The highest BCUT2D eigenvalue weighted by atomic mass is 35.7. The summed E-state index contributed by atoms with van der Waals surface area (Å²) in [6.45, 7) is 33.9. The number of halogens is 1. The lowest BCUT2D eigenvalue weighted by molar-refractivity contribution is -0.120. The maximum atomic E-state index is 12.2. The van der Waals surface area contributed by atoms with Gasteiger partial charge in [0.25, 0.3) is 8.53 Å². The monoisotopic (exact) mass is 910 g/mol. The highest BCUT2D eigenvalue weighted by Gasteiger charge is 2.29. The summed E-state index contributed by atoms with van der Waals surface area (Å²) in [5, 5.41) is 14.0. The average Bonchev–Trinajstić information content (AvgIpc) is 3.13. The molecule has 4 atom stereocenters. The Morgan fingerprint density at radius 2 is 1.07 bits per heavy atom. The minimum Gasteiger partial charge on any atom is -0.394 e. The molecule has 0 aromatic heterocycles. The molecule has 0 rings (SSSR count).